The number of piperazine rings is 1. The zero-order valence-corrected chi connectivity index (χ0v) is 44.8. The number of nitrogens with zero attached hydrogens (tertiary/aromatic N) is 7. The number of pyridine rings is 1. The molecule has 3 aromatic heterocycles. The van der Waals surface area contributed by atoms with E-state index in [1.165, 1.54) is 36.3 Å². The van der Waals surface area contributed by atoms with Gasteiger partial charge in [-0.2, -0.15) is 5.10 Å². The van der Waals surface area contributed by atoms with Gasteiger partial charge in [-0.15, -0.1) is 0 Å². The first kappa shape index (κ1) is 51.0. The standard InChI is InChI=1S/C60H67N9O6S/c1-60(2,3)75-58(73)55-44(24-26-52(62-55)69-30-28-39-12-10-15-45(48(39)37-69)56(71)64-59-61-49-16-5-6-17-51(49)76-59)40-13-9-14-43(35-40)74-42-21-18-38(19-22-42)11-7-8-29-67-31-33-68(34-32-67)41-20-23-46-50(36-41)66(4)65-54(46)47-25-27-53(70)63-57(47)72/h5-6,9-10,12-17,20,23-24,26,35-36,38,42,47H,7-8,11,18-19,21-22,25,27-34,37H2,1-4H3,(H,61,64,71)(H,63,70,72)/t38-,42-,47?. The number of ether oxygens (including phenoxy) is 2. The molecule has 15 nitrogen and oxygen atoms in total. The van der Waals surface area contributed by atoms with Gasteiger partial charge in [-0.25, -0.2) is 14.8 Å². The normalized spacial score (nSPS) is 19.4. The van der Waals surface area contributed by atoms with Crippen molar-refractivity contribution in [1.29, 1.82) is 0 Å². The molecule has 4 aromatic carbocycles. The van der Waals surface area contributed by atoms with Crippen molar-refractivity contribution in [3.8, 4) is 16.9 Å². The third-order valence-corrected chi connectivity index (χ3v) is 16.5. The van der Waals surface area contributed by atoms with Crippen LogP contribution < -0.4 is 25.2 Å². The summed E-state index contributed by atoms with van der Waals surface area (Å²) in [4.78, 5) is 69.0. The average Bonchev–Trinajstić information content (AvgIpc) is 3.98. The van der Waals surface area contributed by atoms with Gasteiger partial charge in [0.2, 0.25) is 11.8 Å². The number of esters is 1. The largest absolute Gasteiger partial charge is 0.490 e. The second-order valence-electron chi connectivity index (χ2n) is 22.0. The number of anilines is 3. The second kappa shape index (κ2) is 21.8. The third kappa shape index (κ3) is 11.3. The zero-order valence-electron chi connectivity index (χ0n) is 44.0. The molecular formula is C60H67N9O6S. The fourth-order valence-electron chi connectivity index (χ4n) is 11.6. The summed E-state index contributed by atoms with van der Waals surface area (Å²) in [5.41, 5.74) is 7.45. The topological polar surface area (TPSA) is 164 Å². The van der Waals surface area contributed by atoms with E-state index in [0.29, 0.717) is 53.9 Å². The number of hydrogen-bond donors (Lipinski definition) is 2. The van der Waals surface area contributed by atoms with E-state index in [1.807, 2.05) is 105 Å². The van der Waals surface area contributed by atoms with Crippen LogP contribution in [-0.4, -0.2) is 99.3 Å². The minimum atomic E-state index is -0.725. The molecule has 11 rings (SSSR count). The smallest absolute Gasteiger partial charge is 0.358 e. The van der Waals surface area contributed by atoms with Crippen molar-refractivity contribution in [2.24, 2.45) is 13.0 Å². The number of imide groups is 1. The molecule has 3 fully saturated rings. The number of para-hydroxylation sites is 1. The van der Waals surface area contributed by atoms with E-state index in [0.717, 1.165) is 114 Å². The Morgan fingerprint density at radius 1 is 0.816 bits per heavy atom. The molecular weight excluding hydrogens is 975 g/mol. The molecule has 7 aromatic rings. The van der Waals surface area contributed by atoms with Crippen LogP contribution in [0.5, 0.6) is 5.75 Å². The fourth-order valence-corrected chi connectivity index (χ4v) is 12.4. The monoisotopic (exact) mass is 1040 g/mol. The van der Waals surface area contributed by atoms with Gasteiger partial charge in [0, 0.05) is 74.9 Å². The number of aromatic nitrogens is 4. The molecule has 0 bridgehead atoms. The number of thiazole rings is 1. The van der Waals surface area contributed by atoms with E-state index >= 15 is 0 Å². The lowest BCUT2D eigenvalue weighted by Crippen LogP contribution is -2.46. The number of carbonyl (C=O) groups excluding carboxylic acids is 4. The molecule has 4 aliphatic rings. The summed E-state index contributed by atoms with van der Waals surface area (Å²) < 4.78 is 15.5. The Kier molecular flexibility index (Phi) is 14.6. The summed E-state index contributed by atoms with van der Waals surface area (Å²) in [7, 11) is 1.92. The van der Waals surface area contributed by atoms with Crippen molar-refractivity contribution in [3.05, 3.63) is 125 Å². The van der Waals surface area contributed by atoms with Crippen LogP contribution >= 0.6 is 11.3 Å². The van der Waals surface area contributed by atoms with E-state index in [-0.39, 0.29) is 29.5 Å². The zero-order chi connectivity index (χ0) is 52.5. The van der Waals surface area contributed by atoms with Crippen molar-refractivity contribution in [2.75, 3.05) is 54.4 Å². The summed E-state index contributed by atoms with van der Waals surface area (Å²) in [5.74, 6) is 0.560. The van der Waals surface area contributed by atoms with Crippen LogP contribution in [0.15, 0.2) is 97.1 Å². The average molecular weight is 1040 g/mol. The van der Waals surface area contributed by atoms with Crippen LogP contribution in [0.25, 0.3) is 32.2 Å². The Morgan fingerprint density at radius 2 is 1.63 bits per heavy atom. The number of rotatable bonds is 14. The molecule has 1 aliphatic carbocycles. The Morgan fingerprint density at radius 3 is 2.43 bits per heavy atom. The summed E-state index contributed by atoms with van der Waals surface area (Å²) in [6.07, 6.45) is 9.70. The Labute approximate surface area is 448 Å². The van der Waals surface area contributed by atoms with Crippen molar-refractivity contribution < 1.29 is 28.7 Å². The SMILES string of the molecule is Cn1nc(C2CCC(=O)NC2=O)c2ccc(N3CCN(CCCC[C@H]4CC[C@H](Oc5cccc(-c6ccc(N7CCc8cccc(C(=O)Nc9nc%10ccccc%10s9)c8C7)nc6C(=O)OC(C)(C)C)c5)CC4)CC3)cc21. The number of fused-ring (bicyclic) bond motifs is 3. The second-order valence-corrected chi connectivity index (χ2v) is 23.0. The van der Waals surface area contributed by atoms with Gasteiger partial charge in [-0.3, -0.25) is 34.6 Å². The molecule has 1 unspecified atom stereocenters. The van der Waals surface area contributed by atoms with Gasteiger partial charge < -0.3 is 19.3 Å². The molecule has 2 saturated heterocycles. The highest BCUT2D eigenvalue weighted by Gasteiger charge is 2.33. The Bertz CT molecular complexity index is 3280. The lowest BCUT2D eigenvalue weighted by molar-refractivity contribution is -0.134. The van der Waals surface area contributed by atoms with Gasteiger partial charge in [0.15, 0.2) is 10.8 Å². The highest BCUT2D eigenvalue weighted by atomic mass is 32.1. The van der Waals surface area contributed by atoms with Gasteiger partial charge in [0.05, 0.1) is 33.4 Å². The van der Waals surface area contributed by atoms with Gasteiger partial charge in [-0.1, -0.05) is 60.6 Å². The van der Waals surface area contributed by atoms with Crippen molar-refractivity contribution in [1.82, 2.24) is 30.0 Å². The maximum Gasteiger partial charge on any atom is 0.358 e. The van der Waals surface area contributed by atoms with Crippen LogP contribution in [0.3, 0.4) is 0 Å². The van der Waals surface area contributed by atoms with Crippen LogP contribution in [-0.2, 0) is 34.3 Å². The van der Waals surface area contributed by atoms with Gasteiger partial charge in [-0.05, 0) is 156 Å². The highest BCUT2D eigenvalue weighted by Crippen LogP contribution is 2.37. The predicted octanol–water partition coefficient (Wildman–Crippen LogP) is 10.5. The highest BCUT2D eigenvalue weighted by molar-refractivity contribution is 7.22. The maximum atomic E-state index is 14.0. The molecule has 0 radical (unpaired) electrons. The molecule has 0 spiro atoms. The molecule has 2 N–H and O–H groups in total. The number of carbonyl (C=O) groups is 4. The first-order valence-electron chi connectivity index (χ1n) is 27.1. The summed E-state index contributed by atoms with van der Waals surface area (Å²) >= 11 is 1.45. The van der Waals surface area contributed by atoms with Crippen molar-refractivity contribution in [2.45, 2.75) is 109 Å². The van der Waals surface area contributed by atoms with Gasteiger partial charge in [0.1, 0.15) is 17.2 Å². The number of piperidine rings is 1. The number of aryl methyl sites for hydroxylation is 1. The molecule has 3 aliphatic heterocycles. The fraction of sp³-hybridized carbons (Fsp3) is 0.417. The first-order chi connectivity index (χ1) is 36.8. The molecule has 3 amide bonds. The Balaban J connectivity index is 0.665. The van der Waals surface area contributed by atoms with E-state index in [9.17, 15) is 19.2 Å². The molecule has 1 saturated carbocycles. The van der Waals surface area contributed by atoms with E-state index in [1.54, 1.807) is 0 Å². The van der Waals surface area contributed by atoms with Crippen molar-refractivity contribution >= 4 is 72.8 Å². The van der Waals surface area contributed by atoms with Crippen LogP contribution in [0, 0.1) is 5.92 Å². The van der Waals surface area contributed by atoms with E-state index < -0.39 is 17.5 Å². The van der Waals surface area contributed by atoms with Crippen LogP contribution in [0.1, 0.15) is 122 Å². The maximum absolute atomic E-state index is 14.0. The lowest BCUT2D eigenvalue weighted by Gasteiger charge is -2.36. The first-order valence-corrected chi connectivity index (χ1v) is 27.9. The summed E-state index contributed by atoms with van der Waals surface area (Å²) in [6, 6.07) is 32.1. The lowest BCUT2D eigenvalue weighted by atomic mass is 9.84. The minimum Gasteiger partial charge on any atom is -0.490 e. The van der Waals surface area contributed by atoms with Crippen molar-refractivity contribution in [3.63, 3.8) is 0 Å². The third-order valence-electron chi connectivity index (χ3n) is 15.6. The van der Waals surface area contributed by atoms with Crippen LogP contribution in [0.2, 0.25) is 0 Å². The number of unbranched alkanes of at least 4 members (excludes halogenated alkanes) is 1. The van der Waals surface area contributed by atoms with E-state index in [2.05, 4.69) is 54.6 Å². The minimum absolute atomic E-state index is 0.134. The molecule has 6 heterocycles. The van der Waals surface area contributed by atoms with E-state index in [4.69, 9.17) is 19.6 Å². The molecule has 1 atom stereocenters. The predicted molar refractivity (Wildman–Crippen MR) is 298 cm³/mol. The van der Waals surface area contributed by atoms with Gasteiger partial charge >= 0.3 is 5.97 Å². The number of nitrogens with one attached hydrogen (secondary N) is 2. The van der Waals surface area contributed by atoms with Gasteiger partial charge in [0.25, 0.3) is 5.91 Å². The number of amides is 3. The number of hydrogen-bond acceptors (Lipinski definition) is 13. The molecule has 16 heteroatoms. The molecule has 394 valence electrons. The summed E-state index contributed by atoms with van der Waals surface area (Å²) in [6.45, 7) is 11.8. The number of benzene rings is 4. The summed E-state index contributed by atoms with van der Waals surface area (Å²) in [5, 5.41) is 11.8. The molecule has 76 heavy (non-hydrogen) atoms. The Hall–Kier alpha value is -7.17. The van der Waals surface area contributed by atoms with Crippen LogP contribution in [0.4, 0.5) is 16.6 Å². The quantitative estimate of drug-likeness (QED) is 0.0603.